The first kappa shape index (κ1) is 17.2. The molecule has 0 radical (unpaired) electrons. The van der Waals surface area contributed by atoms with Gasteiger partial charge in [-0.3, -0.25) is 0 Å². The Kier molecular flexibility index (Phi) is 3.53. The summed E-state index contributed by atoms with van der Waals surface area (Å²) in [5.74, 6) is 1.11. The number of ether oxygens (including phenoxy) is 2. The molecule has 3 nitrogen and oxygen atoms in total. The van der Waals surface area contributed by atoms with Gasteiger partial charge in [0.2, 0.25) is 5.79 Å². The van der Waals surface area contributed by atoms with Crippen LogP contribution in [0.3, 0.4) is 0 Å². The Morgan fingerprint density at radius 2 is 1.81 bits per heavy atom. The summed E-state index contributed by atoms with van der Waals surface area (Å²) >= 11 is 0. The first-order valence-corrected chi connectivity index (χ1v) is 10.5. The van der Waals surface area contributed by atoms with E-state index in [1.54, 1.807) is 0 Å². The molecule has 0 aromatic rings. The molecular weight excluding hydrogens is 324 g/mol. The number of hydrogen-bond acceptors (Lipinski definition) is 3. The Balaban J connectivity index is 1.53. The molecule has 1 spiro atoms. The molecule has 2 saturated carbocycles. The quantitative estimate of drug-likeness (QED) is 0.709. The lowest BCUT2D eigenvalue weighted by atomic mass is 9.49. The lowest BCUT2D eigenvalue weighted by Gasteiger charge is -2.56. The molecule has 0 unspecified atom stereocenters. The van der Waals surface area contributed by atoms with E-state index in [-0.39, 0.29) is 10.8 Å². The van der Waals surface area contributed by atoms with Crippen LogP contribution in [0.1, 0.15) is 52.9 Å². The molecule has 4 aliphatic carbocycles. The third kappa shape index (κ3) is 2.00. The standard InChI is InChI=1S/C23H32O3/c1-4-22(24)10-8-19-17-6-5-16-15-23(25-13-14-26-23)12-11-20(16,2)18(17)7-9-21(19,22)3/h5-6,11-12,15,17-19,24H,4,7-10,13-14H2,1-3H3/t17-,18+,19+,20+,21+,22-/m1/s1. The zero-order valence-corrected chi connectivity index (χ0v) is 16.3. The Morgan fingerprint density at radius 3 is 2.54 bits per heavy atom. The third-order valence-electron chi connectivity index (χ3n) is 8.89. The summed E-state index contributed by atoms with van der Waals surface area (Å²) < 4.78 is 11.8. The molecule has 1 saturated heterocycles. The van der Waals surface area contributed by atoms with Crippen molar-refractivity contribution < 1.29 is 14.6 Å². The van der Waals surface area contributed by atoms with Crippen molar-refractivity contribution in [2.24, 2.45) is 28.6 Å². The fourth-order valence-corrected chi connectivity index (χ4v) is 7.07. The molecule has 142 valence electrons. The lowest BCUT2D eigenvalue weighted by molar-refractivity contribution is -0.112. The van der Waals surface area contributed by atoms with Gasteiger partial charge in [-0.2, -0.15) is 0 Å². The maximum atomic E-state index is 11.3. The second kappa shape index (κ2) is 5.33. The minimum atomic E-state index is -0.634. The van der Waals surface area contributed by atoms with Crippen LogP contribution in [0, 0.1) is 28.6 Å². The lowest BCUT2D eigenvalue weighted by Crippen LogP contribution is -2.53. The first-order chi connectivity index (χ1) is 12.4. The Labute approximate surface area is 157 Å². The topological polar surface area (TPSA) is 38.7 Å². The summed E-state index contributed by atoms with van der Waals surface area (Å²) in [6, 6.07) is 0. The average Bonchev–Trinajstić information content (AvgIpc) is 3.19. The summed E-state index contributed by atoms with van der Waals surface area (Å²) in [4.78, 5) is 0. The molecule has 0 aromatic carbocycles. The van der Waals surface area contributed by atoms with Crippen molar-refractivity contribution in [3.8, 4) is 0 Å². The number of allylic oxidation sites excluding steroid dienone is 4. The average molecular weight is 357 g/mol. The Morgan fingerprint density at radius 1 is 1.08 bits per heavy atom. The molecule has 6 atom stereocenters. The van der Waals surface area contributed by atoms with Crippen LogP contribution < -0.4 is 0 Å². The van der Waals surface area contributed by atoms with Gasteiger partial charge in [-0.05, 0) is 73.0 Å². The Bertz CT molecular complexity index is 700. The van der Waals surface area contributed by atoms with Crippen LogP contribution in [0.15, 0.2) is 36.0 Å². The number of fused-ring (bicyclic) bond motifs is 5. The van der Waals surface area contributed by atoms with Crippen molar-refractivity contribution in [1.82, 2.24) is 0 Å². The number of rotatable bonds is 1. The zero-order valence-electron chi connectivity index (χ0n) is 16.3. The van der Waals surface area contributed by atoms with E-state index in [9.17, 15) is 5.11 Å². The zero-order chi connectivity index (χ0) is 18.2. The summed E-state index contributed by atoms with van der Waals surface area (Å²) in [5.41, 5.74) is 0.970. The molecule has 5 rings (SSSR count). The molecular formula is C23H32O3. The highest BCUT2D eigenvalue weighted by Crippen LogP contribution is 2.66. The fourth-order valence-electron chi connectivity index (χ4n) is 7.07. The van der Waals surface area contributed by atoms with Crippen molar-refractivity contribution in [3.05, 3.63) is 36.0 Å². The fraction of sp³-hybridized carbons (Fsp3) is 0.739. The van der Waals surface area contributed by atoms with Gasteiger partial charge in [0.15, 0.2) is 0 Å². The van der Waals surface area contributed by atoms with Gasteiger partial charge in [-0.25, -0.2) is 0 Å². The van der Waals surface area contributed by atoms with E-state index < -0.39 is 11.4 Å². The summed E-state index contributed by atoms with van der Waals surface area (Å²) in [5, 5.41) is 11.3. The highest BCUT2D eigenvalue weighted by atomic mass is 16.7. The molecule has 1 heterocycles. The van der Waals surface area contributed by atoms with Crippen molar-refractivity contribution in [2.75, 3.05) is 13.2 Å². The summed E-state index contributed by atoms with van der Waals surface area (Å²) in [7, 11) is 0. The molecule has 0 aromatic heterocycles. The van der Waals surface area contributed by atoms with Gasteiger partial charge in [0.05, 0.1) is 18.8 Å². The summed E-state index contributed by atoms with van der Waals surface area (Å²) in [6.07, 6.45) is 16.8. The maximum Gasteiger partial charge on any atom is 0.208 e. The van der Waals surface area contributed by atoms with E-state index in [4.69, 9.17) is 9.47 Å². The third-order valence-corrected chi connectivity index (χ3v) is 8.89. The van der Waals surface area contributed by atoms with Crippen LogP contribution in [0.25, 0.3) is 0 Å². The van der Waals surface area contributed by atoms with Gasteiger partial charge >= 0.3 is 0 Å². The molecule has 0 amide bonds. The van der Waals surface area contributed by atoms with Gasteiger partial charge in [-0.15, -0.1) is 0 Å². The van der Waals surface area contributed by atoms with Crippen molar-refractivity contribution in [2.45, 2.75) is 64.3 Å². The van der Waals surface area contributed by atoms with E-state index >= 15 is 0 Å². The normalized spacial score (nSPS) is 51.1. The molecule has 26 heavy (non-hydrogen) atoms. The molecule has 1 aliphatic heterocycles. The minimum Gasteiger partial charge on any atom is -0.389 e. The van der Waals surface area contributed by atoms with Crippen LogP contribution in [0.5, 0.6) is 0 Å². The van der Waals surface area contributed by atoms with E-state index in [2.05, 4.69) is 51.2 Å². The van der Waals surface area contributed by atoms with Crippen molar-refractivity contribution >= 4 is 0 Å². The Hall–Kier alpha value is -0.900. The van der Waals surface area contributed by atoms with E-state index in [0.717, 1.165) is 25.7 Å². The largest absolute Gasteiger partial charge is 0.389 e. The smallest absolute Gasteiger partial charge is 0.208 e. The SMILES string of the molecule is CC[C@@]1(O)CC[C@H]2[C@@H]3C=CC4=CC5(C=C[C@]4(C)[C@H]3CC[C@@]21C)OCCO5. The van der Waals surface area contributed by atoms with Gasteiger partial charge in [0.1, 0.15) is 0 Å². The number of aliphatic hydroxyl groups is 1. The highest BCUT2D eigenvalue weighted by molar-refractivity contribution is 5.44. The van der Waals surface area contributed by atoms with Crippen LogP contribution >= 0.6 is 0 Å². The van der Waals surface area contributed by atoms with Gasteiger partial charge in [0, 0.05) is 5.41 Å². The maximum absolute atomic E-state index is 11.3. The van der Waals surface area contributed by atoms with Gasteiger partial charge < -0.3 is 14.6 Å². The predicted octanol–water partition coefficient (Wildman–Crippen LogP) is 4.39. The second-order valence-corrected chi connectivity index (χ2v) is 9.66. The van der Waals surface area contributed by atoms with E-state index in [1.165, 1.54) is 12.0 Å². The molecule has 3 fully saturated rings. The predicted molar refractivity (Wildman–Crippen MR) is 101 cm³/mol. The van der Waals surface area contributed by atoms with Crippen LogP contribution in [0.2, 0.25) is 0 Å². The van der Waals surface area contributed by atoms with Crippen molar-refractivity contribution in [1.29, 1.82) is 0 Å². The first-order valence-electron chi connectivity index (χ1n) is 10.5. The van der Waals surface area contributed by atoms with Crippen LogP contribution in [-0.2, 0) is 9.47 Å². The van der Waals surface area contributed by atoms with Crippen LogP contribution in [-0.4, -0.2) is 29.7 Å². The highest BCUT2D eigenvalue weighted by Gasteiger charge is 2.62. The van der Waals surface area contributed by atoms with E-state index in [0.29, 0.717) is 31.0 Å². The molecule has 3 heteroatoms. The molecule has 5 aliphatic rings. The summed E-state index contributed by atoms with van der Waals surface area (Å²) in [6.45, 7) is 8.23. The van der Waals surface area contributed by atoms with Crippen molar-refractivity contribution in [3.63, 3.8) is 0 Å². The second-order valence-electron chi connectivity index (χ2n) is 9.66. The molecule has 1 N–H and O–H groups in total. The monoisotopic (exact) mass is 356 g/mol. The van der Waals surface area contributed by atoms with Crippen LogP contribution in [0.4, 0.5) is 0 Å². The van der Waals surface area contributed by atoms with E-state index in [1.807, 2.05) is 0 Å². The minimum absolute atomic E-state index is 0.0498. The molecule has 0 bridgehead atoms. The van der Waals surface area contributed by atoms with Gasteiger partial charge in [-0.1, -0.05) is 39.0 Å². The van der Waals surface area contributed by atoms with Gasteiger partial charge in [0.25, 0.3) is 0 Å². The number of hydrogen-bond donors (Lipinski definition) is 1.